The minimum absolute atomic E-state index is 0.140. The van der Waals surface area contributed by atoms with Gasteiger partial charge in [0.05, 0.1) is 5.69 Å². The molecular formula is C23H27ClN2O3S. The Balaban J connectivity index is 1.73. The van der Waals surface area contributed by atoms with Crippen LogP contribution in [0.2, 0.25) is 5.02 Å². The maximum Gasteiger partial charge on any atom is 0.410 e. The van der Waals surface area contributed by atoms with Crippen LogP contribution in [-0.4, -0.2) is 34.2 Å². The molecule has 2 aromatic rings. The molecule has 1 aliphatic heterocycles. The summed E-state index contributed by atoms with van der Waals surface area (Å²) in [5, 5.41) is 3.87. The summed E-state index contributed by atoms with van der Waals surface area (Å²) in [6, 6.07) is 13.5. The first kappa shape index (κ1) is 22.4. The van der Waals surface area contributed by atoms with Gasteiger partial charge in [0.25, 0.3) is 0 Å². The number of thiocarbonyl (C=S) groups is 1. The van der Waals surface area contributed by atoms with Crippen molar-refractivity contribution >= 4 is 40.6 Å². The van der Waals surface area contributed by atoms with Gasteiger partial charge in [-0.15, -0.1) is 0 Å². The number of nitrogens with zero attached hydrogens (tertiary/aromatic N) is 1. The second-order valence-corrected chi connectivity index (χ2v) is 9.24. The van der Waals surface area contributed by atoms with Crippen LogP contribution in [0.25, 0.3) is 0 Å². The lowest BCUT2D eigenvalue weighted by molar-refractivity contribution is 0.0236. The van der Waals surface area contributed by atoms with Crippen LogP contribution in [0.15, 0.2) is 42.5 Å². The van der Waals surface area contributed by atoms with Crippen LogP contribution in [0.4, 0.5) is 10.5 Å². The molecule has 0 fully saturated rings. The zero-order valence-corrected chi connectivity index (χ0v) is 19.3. The number of anilines is 1. The predicted molar refractivity (Wildman–Crippen MR) is 125 cm³/mol. The van der Waals surface area contributed by atoms with E-state index in [4.69, 9.17) is 33.3 Å². The Hall–Kier alpha value is -2.31. The van der Waals surface area contributed by atoms with Crippen molar-refractivity contribution in [2.75, 3.05) is 11.9 Å². The lowest BCUT2D eigenvalue weighted by Gasteiger charge is -2.28. The molecule has 0 saturated carbocycles. The van der Waals surface area contributed by atoms with Crippen molar-refractivity contribution in [1.82, 2.24) is 4.90 Å². The summed E-state index contributed by atoms with van der Waals surface area (Å²) >= 11 is 11.4. The van der Waals surface area contributed by atoms with E-state index in [0.717, 1.165) is 22.6 Å². The molecule has 1 atom stereocenters. The highest BCUT2D eigenvalue weighted by molar-refractivity contribution is 7.80. The highest BCUT2D eigenvalue weighted by Crippen LogP contribution is 2.31. The number of benzene rings is 2. The topological polar surface area (TPSA) is 50.8 Å². The first-order valence-electron chi connectivity index (χ1n) is 9.93. The fraction of sp³-hybridized carbons (Fsp3) is 0.391. The number of carbonyl (C=O) groups excluding carboxylic acids is 1. The van der Waals surface area contributed by atoms with Gasteiger partial charge in [-0.3, -0.25) is 0 Å². The Morgan fingerprint density at radius 3 is 2.70 bits per heavy atom. The summed E-state index contributed by atoms with van der Waals surface area (Å²) in [6.45, 7) is 8.43. The number of rotatable bonds is 5. The molecule has 0 aliphatic carbocycles. The van der Waals surface area contributed by atoms with Gasteiger partial charge in [0.2, 0.25) is 0 Å². The average Bonchev–Trinajstić information content (AvgIpc) is 2.64. The van der Waals surface area contributed by atoms with E-state index in [-0.39, 0.29) is 12.2 Å². The maximum atomic E-state index is 12.8. The van der Waals surface area contributed by atoms with E-state index >= 15 is 0 Å². The minimum Gasteiger partial charge on any atom is -0.481 e. The molecule has 0 saturated heterocycles. The van der Waals surface area contributed by atoms with Crippen LogP contribution < -0.4 is 10.1 Å². The molecule has 1 aliphatic rings. The number of hydrogen-bond acceptors (Lipinski definition) is 4. The van der Waals surface area contributed by atoms with E-state index in [1.54, 1.807) is 4.90 Å². The van der Waals surface area contributed by atoms with Gasteiger partial charge in [-0.1, -0.05) is 42.0 Å². The zero-order chi connectivity index (χ0) is 21.9. The molecule has 7 heteroatoms. The second kappa shape index (κ2) is 9.23. The van der Waals surface area contributed by atoms with Gasteiger partial charge in [-0.2, -0.15) is 0 Å². The Kier molecular flexibility index (Phi) is 6.88. The molecule has 1 N–H and O–H groups in total. The van der Waals surface area contributed by atoms with Crippen molar-refractivity contribution < 1.29 is 14.3 Å². The molecular weight excluding hydrogens is 420 g/mol. The molecule has 5 nitrogen and oxygen atoms in total. The number of nitrogens with one attached hydrogen (secondary N) is 1. The molecule has 0 spiro atoms. The maximum absolute atomic E-state index is 12.8. The van der Waals surface area contributed by atoms with Crippen molar-refractivity contribution in [3.8, 4) is 5.75 Å². The van der Waals surface area contributed by atoms with Gasteiger partial charge in [0.1, 0.15) is 22.4 Å². The standard InChI is InChI=1S/C23H27ClN2O3S/c1-15-21(30)25-19-13-16(8-9-20(19)28-15)10-11-26(22(27)29-23(2,3)4)14-17-6-5-7-18(24)12-17/h5-9,12-13,15H,10-11,14H2,1-4H3,(H,25,30). The Morgan fingerprint density at radius 1 is 1.23 bits per heavy atom. The van der Waals surface area contributed by atoms with Gasteiger partial charge in [0, 0.05) is 18.1 Å². The SMILES string of the molecule is CC1Oc2ccc(CCN(Cc3cccc(Cl)c3)C(=O)OC(C)(C)C)cc2NC1=S. The molecule has 0 aromatic heterocycles. The van der Waals surface area contributed by atoms with E-state index in [0.29, 0.717) is 29.5 Å². The van der Waals surface area contributed by atoms with E-state index < -0.39 is 5.60 Å². The number of halogens is 1. The fourth-order valence-electron chi connectivity index (χ4n) is 3.09. The third kappa shape index (κ3) is 6.09. The summed E-state index contributed by atoms with van der Waals surface area (Å²) in [5.74, 6) is 0.780. The third-order valence-corrected chi connectivity index (χ3v) is 5.23. The van der Waals surface area contributed by atoms with Crippen LogP contribution in [-0.2, 0) is 17.7 Å². The van der Waals surface area contributed by atoms with Crippen molar-refractivity contribution in [3.05, 3.63) is 58.6 Å². The van der Waals surface area contributed by atoms with Gasteiger partial charge in [-0.25, -0.2) is 4.79 Å². The van der Waals surface area contributed by atoms with E-state index in [1.165, 1.54) is 0 Å². The van der Waals surface area contributed by atoms with Gasteiger partial charge in [0.15, 0.2) is 0 Å². The zero-order valence-electron chi connectivity index (χ0n) is 17.7. The van der Waals surface area contributed by atoms with Gasteiger partial charge < -0.3 is 19.7 Å². The summed E-state index contributed by atoms with van der Waals surface area (Å²) < 4.78 is 11.4. The molecule has 1 unspecified atom stereocenters. The molecule has 0 radical (unpaired) electrons. The minimum atomic E-state index is -0.566. The molecule has 3 rings (SSSR count). The predicted octanol–water partition coefficient (Wildman–Crippen LogP) is 5.84. The van der Waals surface area contributed by atoms with Crippen molar-refractivity contribution in [2.45, 2.75) is 52.4 Å². The molecule has 0 bridgehead atoms. The summed E-state index contributed by atoms with van der Waals surface area (Å²) in [5.41, 5.74) is 2.31. The smallest absolute Gasteiger partial charge is 0.410 e. The summed E-state index contributed by atoms with van der Waals surface area (Å²) in [7, 11) is 0. The highest BCUT2D eigenvalue weighted by Gasteiger charge is 2.23. The Bertz CT molecular complexity index is 942. The first-order chi connectivity index (χ1) is 14.1. The average molecular weight is 447 g/mol. The van der Waals surface area contributed by atoms with Crippen LogP contribution in [0, 0.1) is 0 Å². The van der Waals surface area contributed by atoms with E-state index in [1.807, 2.05) is 70.2 Å². The number of ether oxygens (including phenoxy) is 2. The number of hydrogen-bond donors (Lipinski definition) is 1. The normalized spacial score (nSPS) is 15.6. The Labute approximate surface area is 188 Å². The van der Waals surface area contributed by atoms with Crippen LogP contribution in [0.5, 0.6) is 5.75 Å². The van der Waals surface area contributed by atoms with Crippen molar-refractivity contribution in [3.63, 3.8) is 0 Å². The van der Waals surface area contributed by atoms with Crippen LogP contribution in [0.1, 0.15) is 38.8 Å². The fourth-order valence-corrected chi connectivity index (χ4v) is 3.46. The summed E-state index contributed by atoms with van der Waals surface area (Å²) in [4.78, 5) is 15.2. The number of amides is 1. The van der Waals surface area contributed by atoms with Gasteiger partial charge in [-0.05, 0) is 69.5 Å². The third-order valence-electron chi connectivity index (χ3n) is 4.56. The van der Waals surface area contributed by atoms with Gasteiger partial charge >= 0.3 is 6.09 Å². The highest BCUT2D eigenvalue weighted by atomic mass is 35.5. The monoisotopic (exact) mass is 446 g/mol. The molecule has 160 valence electrons. The Morgan fingerprint density at radius 2 is 2.00 bits per heavy atom. The molecule has 30 heavy (non-hydrogen) atoms. The molecule has 1 amide bonds. The quantitative estimate of drug-likeness (QED) is 0.584. The van der Waals surface area contributed by atoms with Crippen LogP contribution in [0.3, 0.4) is 0 Å². The number of carbonyl (C=O) groups is 1. The molecule has 1 heterocycles. The lowest BCUT2D eigenvalue weighted by atomic mass is 10.1. The second-order valence-electron chi connectivity index (χ2n) is 8.36. The van der Waals surface area contributed by atoms with Crippen LogP contribution >= 0.6 is 23.8 Å². The first-order valence-corrected chi connectivity index (χ1v) is 10.7. The lowest BCUT2D eigenvalue weighted by Crippen LogP contribution is -2.37. The van der Waals surface area contributed by atoms with E-state index in [9.17, 15) is 4.79 Å². The molecule has 2 aromatic carbocycles. The summed E-state index contributed by atoms with van der Waals surface area (Å²) in [6.07, 6.45) is 0.174. The number of fused-ring (bicyclic) bond motifs is 1. The largest absolute Gasteiger partial charge is 0.481 e. The van der Waals surface area contributed by atoms with Crippen molar-refractivity contribution in [1.29, 1.82) is 0 Å². The van der Waals surface area contributed by atoms with Crippen molar-refractivity contribution in [2.24, 2.45) is 0 Å². The van der Waals surface area contributed by atoms with E-state index in [2.05, 4.69) is 5.32 Å².